The summed E-state index contributed by atoms with van der Waals surface area (Å²) in [7, 11) is -1.36. The number of hydrogen-bond acceptors (Lipinski definition) is 7. The number of aromatic amines is 1. The number of rotatable bonds is 4. The number of likely N-dealkylation sites (N-methyl/N-ethyl adjacent to an activating group) is 1. The summed E-state index contributed by atoms with van der Waals surface area (Å²) < 4.78 is 38.1. The molecule has 2 atom stereocenters. The molecule has 4 heterocycles. The molecule has 0 radical (unpaired) electrons. The molecule has 5 rings (SSSR count). The molecule has 12 heteroatoms. The normalized spacial score (nSPS) is 22.3. The van der Waals surface area contributed by atoms with Crippen molar-refractivity contribution in [3.8, 4) is 0 Å². The van der Waals surface area contributed by atoms with E-state index in [1.807, 2.05) is 7.05 Å². The van der Waals surface area contributed by atoms with E-state index in [9.17, 15) is 22.4 Å². The van der Waals surface area contributed by atoms with Crippen molar-refractivity contribution in [2.24, 2.45) is 0 Å². The maximum absolute atomic E-state index is 13.5. The van der Waals surface area contributed by atoms with E-state index < -0.39 is 33.6 Å². The Balaban J connectivity index is 1.32. The van der Waals surface area contributed by atoms with Gasteiger partial charge in [0, 0.05) is 35.3 Å². The Bertz CT molecular complexity index is 1380. The molecule has 3 aromatic rings. The van der Waals surface area contributed by atoms with Crippen LogP contribution >= 0.6 is 11.3 Å². The molecule has 1 aromatic carbocycles. The van der Waals surface area contributed by atoms with Crippen LogP contribution < -0.4 is 10.6 Å². The predicted octanol–water partition coefficient (Wildman–Crippen LogP) is 1.47. The molecule has 180 valence electrons. The third kappa shape index (κ3) is 4.70. The molecule has 9 nitrogen and oxygen atoms in total. The number of sulfone groups is 1. The van der Waals surface area contributed by atoms with Gasteiger partial charge < -0.3 is 20.5 Å². The van der Waals surface area contributed by atoms with Gasteiger partial charge in [-0.25, -0.2) is 17.8 Å². The van der Waals surface area contributed by atoms with Crippen LogP contribution in [0, 0.1) is 5.82 Å². The number of nitrogens with zero attached hydrogens (tertiary/aromatic N) is 2. The number of H-pyrrole nitrogens is 1. The van der Waals surface area contributed by atoms with Crippen LogP contribution in [-0.2, 0) is 22.8 Å². The number of aromatic nitrogens is 2. The Morgan fingerprint density at radius 1 is 1.21 bits per heavy atom. The Morgan fingerprint density at radius 3 is 2.82 bits per heavy atom. The van der Waals surface area contributed by atoms with Crippen LogP contribution in [0.25, 0.3) is 10.9 Å². The summed E-state index contributed by atoms with van der Waals surface area (Å²) in [6.45, 7) is 1.63. The number of amides is 2. The maximum Gasteiger partial charge on any atom is 0.280 e. The van der Waals surface area contributed by atoms with Gasteiger partial charge in [-0.1, -0.05) is 0 Å². The van der Waals surface area contributed by atoms with Crippen LogP contribution in [0.15, 0.2) is 24.3 Å². The molecule has 3 N–H and O–H groups in total. The second kappa shape index (κ2) is 8.75. The van der Waals surface area contributed by atoms with Gasteiger partial charge in [-0.2, -0.15) is 0 Å². The lowest BCUT2D eigenvalue weighted by Crippen LogP contribution is -2.58. The first-order valence-corrected chi connectivity index (χ1v) is 13.6. The molecule has 2 amide bonds. The van der Waals surface area contributed by atoms with E-state index in [0.717, 1.165) is 30.1 Å². The van der Waals surface area contributed by atoms with Crippen molar-refractivity contribution in [3.63, 3.8) is 0 Å². The standard InChI is InChI=1S/C22H24FN5O4S2/c1-28-6-4-16-19(10-28)33-22(27-16)21(30)25-15-5-7-34(31,32)11-18(15)26-20(29)17-9-12-8-13(23)2-3-14(12)24-17/h2-3,8-9,15,18,24H,4-7,10-11H2,1H3,(H,25,30)(H,26,29)/t15-,18-/m1/s1. The zero-order valence-corrected chi connectivity index (χ0v) is 20.1. The largest absolute Gasteiger partial charge is 0.351 e. The Labute approximate surface area is 199 Å². The quantitative estimate of drug-likeness (QED) is 0.493. The number of benzene rings is 1. The van der Waals surface area contributed by atoms with Gasteiger partial charge in [-0.3, -0.25) is 9.59 Å². The third-order valence-electron chi connectivity index (χ3n) is 6.24. The first-order valence-electron chi connectivity index (χ1n) is 10.9. The summed E-state index contributed by atoms with van der Waals surface area (Å²) in [4.78, 5) is 36.5. The molecular formula is C22H24FN5O4S2. The van der Waals surface area contributed by atoms with Crippen LogP contribution in [0.5, 0.6) is 0 Å². The van der Waals surface area contributed by atoms with Crippen LogP contribution in [0.4, 0.5) is 4.39 Å². The van der Waals surface area contributed by atoms with Crippen molar-refractivity contribution in [2.75, 3.05) is 25.1 Å². The van der Waals surface area contributed by atoms with Crippen LogP contribution in [-0.4, -0.2) is 72.3 Å². The van der Waals surface area contributed by atoms with Gasteiger partial charge in [0.1, 0.15) is 11.5 Å². The molecule has 0 aliphatic carbocycles. The maximum atomic E-state index is 13.5. The number of fused-ring (bicyclic) bond motifs is 2. The van der Waals surface area contributed by atoms with E-state index in [-0.39, 0.29) is 29.5 Å². The van der Waals surface area contributed by atoms with Crippen LogP contribution in [0.1, 0.15) is 37.3 Å². The molecule has 2 aliphatic heterocycles. The highest BCUT2D eigenvalue weighted by molar-refractivity contribution is 7.91. The van der Waals surface area contributed by atoms with Gasteiger partial charge in [-0.15, -0.1) is 11.3 Å². The minimum atomic E-state index is -3.38. The van der Waals surface area contributed by atoms with Crippen molar-refractivity contribution in [2.45, 2.75) is 31.5 Å². The van der Waals surface area contributed by atoms with Crippen molar-refractivity contribution in [3.05, 3.63) is 51.4 Å². The van der Waals surface area contributed by atoms with E-state index in [1.165, 1.54) is 35.6 Å². The topological polar surface area (TPSA) is 124 Å². The van der Waals surface area contributed by atoms with E-state index in [0.29, 0.717) is 15.9 Å². The number of carbonyl (C=O) groups excluding carboxylic acids is 2. The number of carbonyl (C=O) groups is 2. The van der Waals surface area contributed by atoms with Gasteiger partial charge in [0.15, 0.2) is 14.8 Å². The third-order valence-corrected chi connectivity index (χ3v) is 9.04. The lowest BCUT2D eigenvalue weighted by Gasteiger charge is -2.32. The fourth-order valence-corrected chi connectivity index (χ4v) is 7.15. The minimum absolute atomic E-state index is 0.0743. The van der Waals surface area contributed by atoms with Crippen LogP contribution in [0.3, 0.4) is 0 Å². The van der Waals surface area contributed by atoms with E-state index in [1.54, 1.807) is 0 Å². The number of halogens is 1. The fourth-order valence-electron chi connectivity index (χ4n) is 4.42. The fraction of sp³-hybridized carbons (Fsp3) is 0.409. The van der Waals surface area contributed by atoms with Crippen LogP contribution in [0.2, 0.25) is 0 Å². The average molecular weight is 506 g/mol. The number of nitrogens with one attached hydrogen (secondary N) is 3. The second-order valence-electron chi connectivity index (χ2n) is 8.85. The first-order chi connectivity index (χ1) is 16.2. The molecule has 1 saturated heterocycles. The lowest BCUT2D eigenvalue weighted by molar-refractivity contribution is 0.0882. The summed E-state index contributed by atoms with van der Waals surface area (Å²) in [5, 5.41) is 6.51. The Morgan fingerprint density at radius 2 is 2.00 bits per heavy atom. The summed E-state index contributed by atoms with van der Waals surface area (Å²) in [5.41, 5.74) is 1.70. The Kier molecular flexibility index (Phi) is 5.90. The molecule has 0 unspecified atom stereocenters. The molecule has 34 heavy (non-hydrogen) atoms. The van der Waals surface area contributed by atoms with Gasteiger partial charge in [0.2, 0.25) is 0 Å². The monoisotopic (exact) mass is 505 g/mol. The zero-order valence-electron chi connectivity index (χ0n) is 18.4. The highest BCUT2D eigenvalue weighted by Gasteiger charge is 2.36. The van der Waals surface area contributed by atoms with Crippen molar-refractivity contribution >= 4 is 43.9 Å². The molecule has 0 spiro atoms. The lowest BCUT2D eigenvalue weighted by atomic mass is 10.1. The average Bonchev–Trinajstić information content (AvgIpc) is 3.38. The summed E-state index contributed by atoms with van der Waals surface area (Å²) in [5.74, 6) is -1.67. The van der Waals surface area contributed by atoms with Gasteiger partial charge in [0.25, 0.3) is 11.8 Å². The van der Waals surface area contributed by atoms with Gasteiger partial charge in [-0.05, 0) is 37.7 Å². The first kappa shape index (κ1) is 22.9. The molecular weight excluding hydrogens is 481 g/mol. The summed E-state index contributed by atoms with van der Waals surface area (Å²) in [6, 6.07) is 4.26. The SMILES string of the molecule is CN1CCc2nc(C(=O)N[C@@H]3CCS(=O)(=O)C[C@H]3NC(=O)c3cc4cc(F)ccc4[nH]3)sc2C1. The number of thiazole rings is 1. The van der Waals surface area contributed by atoms with Crippen molar-refractivity contribution in [1.82, 2.24) is 25.5 Å². The predicted molar refractivity (Wildman–Crippen MR) is 126 cm³/mol. The molecule has 1 fully saturated rings. The zero-order chi connectivity index (χ0) is 24.0. The smallest absolute Gasteiger partial charge is 0.280 e. The van der Waals surface area contributed by atoms with Gasteiger partial charge >= 0.3 is 0 Å². The second-order valence-corrected chi connectivity index (χ2v) is 12.2. The molecule has 2 aromatic heterocycles. The highest BCUT2D eigenvalue weighted by Crippen LogP contribution is 2.25. The number of hydrogen-bond donors (Lipinski definition) is 3. The van der Waals surface area contributed by atoms with E-state index in [4.69, 9.17) is 0 Å². The summed E-state index contributed by atoms with van der Waals surface area (Å²) in [6.07, 6.45) is 0.967. The van der Waals surface area contributed by atoms with Crippen molar-refractivity contribution in [1.29, 1.82) is 0 Å². The minimum Gasteiger partial charge on any atom is -0.351 e. The van der Waals surface area contributed by atoms with Crippen molar-refractivity contribution < 1.29 is 22.4 Å². The molecule has 2 aliphatic rings. The molecule has 0 saturated carbocycles. The highest BCUT2D eigenvalue weighted by atomic mass is 32.2. The Hall–Kier alpha value is -2.83. The van der Waals surface area contributed by atoms with E-state index >= 15 is 0 Å². The van der Waals surface area contributed by atoms with E-state index in [2.05, 4.69) is 25.5 Å². The summed E-state index contributed by atoms with van der Waals surface area (Å²) >= 11 is 1.35. The molecule has 0 bridgehead atoms. The van der Waals surface area contributed by atoms with Gasteiger partial charge in [0.05, 0.1) is 29.3 Å².